The summed E-state index contributed by atoms with van der Waals surface area (Å²) in [5, 5.41) is 10.7. The van der Waals surface area contributed by atoms with Gasteiger partial charge in [0, 0.05) is 6.42 Å². The Morgan fingerprint density at radius 3 is 2.21 bits per heavy atom. The van der Waals surface area contributed by atoms with E-state index in [4.69, 9.17) is 9.47 Å². The molecule has 0 saturated heterocycles. The fourth-order valence-corrected chi connectivity index (χ4v) is 5.35. The van der Waals surface area contributed by atoms with E-state index in [1.54, 1.807) is 30.3 Å². The zero-order valence-corrected chi connectivity index (χ0v) is 20.3. The number of ether oxygens (including phenoxy) is 2. The largest absolute Gasteiger partial charge is 0.494 e. The molecule has 34 heavy (non-hydrogen) atoms. The smallest absolute Gasteiger partial charge is 0.281 e. The van der Waals surface area contributed by atoms with Gasteiger partial charge in [-0.15, -0.1) is 0 Å². The van der Waals surface area contributed by atoms with Crippen molar-refractivity contribution in [3.8, 4) is 23.1 Å². The SMILES string of the molecule is CCCCc1nc(O)c(S(=O)(=O)c2ccc(C3CC3)cc2)c(=O)n1-c1c(OC)cccc1OC. The molecule has 2 aromatic carbocycles. The lowest BCUT2D eigenvalue weighted by atomic mass is 10.1. The number of sulfone groups is 1. The van der Waals surface area contributed by atoms with Crippen molar-refractivity contribution in [2.24, 2.45) is 0 Å². The Hall–Kier alpha value is -3.33. The summed E-state index contributed by atoms with van der Waals surface area (Å²) in [4.78, 5) is 17.1. The molecule has 0 bridgehead atoms. The summed E-state index contributed by atoms with van der Waals surface area (Å²) >= 11 is 0. The summed E-state index contributed by atoms with van der Waals surface area (Å²) in [5.41, 5.74) is 0.386. The van der Waals surface area contributed by atoms with Gasteiger partial charge in [0.25, 0.3) is 5.56 Å². The van der Waals surface area contributed by atoms with Gasteiger partial charge in [0.15, 0.2) is 4.90 Å². The molecule has 0 amide bonds. The normalized spacial score (nSPS) is 13.6. The number of hydrogen-bond donors (Lipinski definition) is 1. The van der Waals surface area contributed by atoms with Crippen molar-refractivity contribution >= 4 is 9.84 Å². The van der Waals surface area contributed by atoms with Crippen molar-refractivity contribution in [1.82, 2.24) is 9.55 Å². The topological polar surface area (TPSA) is 108 Å². The van der Waals surface area contributed by atoms with Gasteiger partial charge in [0.2, 0.25) is 15.7 Å². The van der Waals surface area contributed by atoms with Crippen LogP contribution in [0.3, 0.4) is 0 Å². The van der Waals surface area contributed by atoms with Crippen LogP contribution in [0.1, 0.15) is 49.9 Å². The van der Waals surface area contributed by atoms with Gasteiger partial charge in [-0.2, -0.15) is 4.98 Å². The number of methoxy groups -OCH3 is 2. The van der Waals surface area contributed by atoms with Crippen LogP contribution in [-0.4, -0.2) is 37.3 Å². The van der Waals surface area contributed by atoms with E-state index in [0.29, 0.717) is 30.3 Å². The third-order valence-electron chi connectivity index (χ3n) is 5.98. The van der Waals surface area contributed by atoms with Gasteiger partial charge in [-0.3, -0.25) is 9.36 Å². The summed E-state index contributed by atoms with van der Waals surface area (Å²) < 4.78 is 39.1. The van der Waals surface area contributed by atoms with Crippen LogP contribution in [-0.2, 0) is 16.3 Å². The van der Waals surface area contributed by atoms with Crippen LogP contribution in [0.25, 0.3) is 5.69 Å². The minimum atomic E-state index is -4.36. The highest BCUT2D eigenvalue weighted by molar-refractivity contribution is 7.91. The van der Waals surface area contributed by atoms with Crippen LogP contribution in [0.2, 0.25) is 0 Å². The minimum Gasteiger partial charge on any atom is -0.494 e. The van der Waals surface area contributed by atoms with Crippen LogP contribution in [0.15, 0.2) is 57.1 Å². The number of benzene rings is 2. The highest BCUT2D eigenvalue weighted by atomic mass is 32.2. The maximum absolute atomic E-state index is 13.8. The molecule has 1 aliphatic carbocycles. The second-order valence-electron chi connectivity index (χ2n) is 8.28. The molecule has 1 aliphatic rings. The van der Waals surface area contributed by atoms with Crippen LogP contribution in [0.4, 0.5) is 0 Å². The zero-order valence-electron chi connectivity index (χ0n) is 19.4. The van der Waals surface area contributed by atoms with Gasteiger partial charge in [-0.25, -0.2) is 8.42 Å². The van der Waals surface area contributed by atoms with E-state index in [1.165, 1.54) is 30.9 Å². The van der Waals surface area contributed by atoms with Crippen LogP contribution in [0.5, 0.6) is 17.4 Å². The van der Waals surface area contributed by atoms with Crippen molar-refractivity contribution in [3.05, 3.63) is 64.2 Å². The second kappa shape index (κ2) is 9.50. The molecular weight excluding hydrogens is 456 g/mol. The molecule has 0 unspecified atom stereocenters. The van der Waals surface area contributed by atoms with E-state index < -0.39 is 26.2 Å². The minimum absolute atomic E-state index is 0.0778. The first kappa shape index (κ1) is 23.8. The monoisotopic (exact) mass is 484 g/mol. The Labute approximate surface area is 198 Å². The number of aromatic hydroxyl groups is 1. The third-order valence-corrected chi connectivity index (χ3v) is 7.77. The first-order valence-electron chi connectivity index (χ1n) is 11.2. The first-order chi connectivity index (χ1) is 16.3. The molecule has 0 radical (unpaired) electrons. The number of hydrogen-bond acceptors (Lipinski definition) is 7. The molecule has 0 spiro atoms. The standard InChI is InChI=1S/C25H28N2O6S/c1-4-5-9-21-26-24(28)23(34(30,31)18-14-12-17(13-15-18)16-10-11-16)25(29)27(21)22-19(32-2)7-6-8-20(22)33-3/h6-8,12-16,28H,4-5,9-11H2,1-3H3. The van der Waals surface area contributed by atoms with Gasteiger partial charge in [-0.05, 0) is 55.0 Å². The fraction of sp³-hybridized carbons (Fsp3) is 0.360. The van der Waals surface area contributed by atoms with E-state index in [9.17, 15) is 18.3 Å². The van der Waals surface area contributed by atoms with Gasteiger partial charge in [-0.1, -0.05) is 31.5 Å². The quantitative estimate of drug-likeness (QED) is 0.489. The molecule has 1 aromatic heterocycles. The molecule has 9 heteroatoms. The summed E-state index contributed by atoms with van der Waals surface area (Å²) in [6.45, 7) is 1.98. The van der Waals surface area contributed by atoms with Crippen LogP contribution in [0, 0.1) is 0 Å². The second-order valence-corrected chi connectivity index (χ2v) is 10.2. The maximum Gasteiger partial charge on any atom is 0.281 e. The molecule has 1 fully saturated rings. The molecule has 1 saturated carbocycles. The van der Waals surface area contributed by atoms with E-state index in [0.717, 1.165) is 24.8 Å². The maximum atomic E-state index is 13.8. The summed E-state index contributed by atoms with van der Waals surface area (Å²) in [5.74, 6) is 0.482. The lowest BCUT2D eigenvalue weighted by Gasteiger charge is -2.19. The molecule has 3 aromatic rings. The van der Waals surface area contributed by atoms with Gasteiger partial charge in [0.05, 0.1) is 19.1 Å². The van der Waals surface area contributed by atoms with E-state index in [2.05, 4.69) is 4.98 Å². The van der Waals surface area contributed by atoms with Crippen LogP contribution >= 0.6 is 0 Å². The highest BCUT2D eigenvalue weighted by Gasteiger charge is 2.32. The first-order valence-corrected chi connectivity index (χ1v) is 12.7. The molecule has 180 valence electrons. The highest BCUT2D eigenvalue weighted by Crippen LogP contribution is 2.40. The van der Waals surface area contributed by atoms with Crippen molar-refractivity contribution in [2.75, 3.05) is 14.2 Å². The summed E-state index contributed by atoms with van der Waals surface area (Å²) in [7, 11) is -1.46. The number of aryl methyl sites for hydroxylation is 1. The Kier molecular flexibility index (Phi) is 6.65. The lowest BCUT2D eigenvalue weighted by molar-refractivity contribution is 0.386. The number of aromatic nitrogens is 2. The van der Waals surface area contributed by atoms with Crippen LogP contribution < -0.4 is 15.0 Å². The average Bonchev–Trinajstić information content (AvgIpc) is 3.68. The van der Waals surface area contributed by atoms with Crippen molar-refractivity contribution in [2.45, 2.75) is 54.7 Å². The predicted molar refractivity (Wildman–Crippen MR) is 127 cm³/mol. The van der Waals surface area contributed by atoms with E-state index >= 15 is 0 Å². The molecule has 1 N–H and O–H groups in total. The lowest BCUT2D eigenvalue weighted by Crippen LogP contribution is -2.29. The summed E-state index contributed by atoms with van der Waals surface area (Å²) in [6, 6.07) is 11.4. The molecule has 8 nitrogen and oxygen atoms in total. The predicted octanol–water partition coefficient (Wildman–Crippen LogP) is 4.01. The Balaban J connectivity index is 1.97. The van der Waals surface area contributed by atoms with Crippen molar-refractivity contribution in [1.29, 1.82) is 0 Å². The van der Waals surface area contributed by atoms with E-state index in [-0.39, 0.29) is 16.4 Å². The van der Waals surface area contributed by atoms with Gasteiger partial charge in [0.1, 0.15) is 23.0 Å². The molecule has 1 heterocycles. The number of unbranched alkanes of at least 4 members (excludes halogenated alkanes) is 1. The number of para-hydroxylation sites is 1. The molecule has 0 atom stereocenters. The zero-order chi connectivity index (χ0) is 24.5. The molecular formula is C25H28N2O6S. The van der Waals surface area contributed by atoms with Crippen molar-refractivity contribution in [3.63, 3.8) is 0 Å². The Morgan fingerprint density at radius 2 is 1.68 bits per heavy atom. The number of rotatable bonds is 9. The third kappa shape index (κ3) is 4.27. The Morgan fingerprint density at radius 1 is 1.06 bits per heavy atom. The molecule has 0 aliphatic heterocycles. The van der Waals surface area contributed by atoms with Crippen molar-refractivity contribution < 1.29 is 23.0 Å². The summed E-state index contributed by atoms with van der Waals surface area (Å²) in [6.07, 6.45) is 4.00. The van der Waals surface area contributed by atoms with Gasteiger partial charge < -0.3 is 14.6 Å². The average molecular weight is 485 g/mol. The fourth-order valence-electron chi connectivity index (χ4n) is 4.01. The van der Waals surface area contributed by atoms with E-state index in [1.807, 2.05) is 6.92 Å². The molecule has 4 rings (SSSR count). The Bertz CT molecular complexity index is 1340. The number of nitrogens with zero attached hydrogens (tertiary/aromatic N) is 2. The van der Waals surface area contributed by atoms with Gasteiger partial charge >= 0.3 is 0 Å².